The minimum atomic E-state index is -4.92. The predicted molar refractivity (Wildman–Crippen MR) is 106 cm³/mol. The van der Waals surface area contributed by atoms with Gasteiger partial charge in [0.1, 0.15) is 17.1 Å². The molecule has 1 aromatic heterocycles. The Balaban J connectivity index is 2.03. The molecule has 0 spiro atoms. The quantitative estimate of drug-likeness (QED) is 0.659. The summed E-state index contributed by atoms with van der Waals surface area (Å²) in [5.74, 6) is -1.47. The fraction of sp³-hybridized carbons (Fsp3) is 0.318. The topological polar surface area (TPSA) is 62.9 Å². The first-order valence-corrected chi connectivity index (χ1v) is 9.56. The van der Waals surface area contributed by atoms with E-state index in [0.29, 0.717) is 0 Å². The molecule has 2 heterocycles. The largest absolute Gasteiger partial charge is 0.507 e. The van der Waals surface area contributed by atoms with Crippen LogP contribution >= 0.6 is 0 Å². The molecule has 2 aromatic carbocycles. The van der Waals surface area contributed by atoms with Crippen LogP contribution in [0.1, 0.15) is 24.2 Å². The van der Waals surface area contributed by atoms with Crippen LogP contribution in [-0.4, -0.2) is 30.2 Å². The van der Waals surface area contributed by atoms with Crippen molar-refractivity contribution in [2.24, 2.45) is 0 Å². The molecule has 0 bridgehead atoms. The number of para-hydroxylation sites is 1. The van der Waals surface area contributed by atoms with Crippen LogP contribution in [0, 0.1) is 0 Å². The second-order valence-electron chi connectivity index (χ2n) is 7.26. The van der Waals surface area contributed by atoms with Gasteiger partial charge in [-0.2, -0.15) is 13.2 Å². The molecule has 0 amide bonds. The minimum absolute atomic E-state index is 0.00265. The lowest BCUT2D eigenvalue weighted by Gasteiger charge is -2.19. The highest BCUT2D eigenvalue weighted by Crippen LogP contribution is 2.41. The third-order valence-electron chi connectivity index (χ3n) is 5.35. The van der Waals surface area contributed by atoms with E-state index >= 15 is 0 Å². The Hall–Kier alpha value is -3.00. The average molecular weight is 419 g/mol. The van der Waals surface area contributed by atoms with E-state index in [0.717, 1.165) is 25.9 Å². The highest BCUT2D eigenvalue weighted by Gasteiger charge is 2.40. The number of rotatable bonds is 4. The van der Waals surface area contributed by atoms with Gasteiger partial charge >= 0.3 is 6.18 Å². The molecule has 1 aliphatic rings. The van der Waals surface area contributed by atoms with Crippen LogP contribution in [0.5, 0.6) is 11.5 Å². The number of benzene rings is 2. The summed E-state index contributed by atoms with van der Waals surface area (Å²) in [7, 11) is 1.32. The van der Waals surface area contributed by atoms with Gasteiger partial charge < -0.3 is 14.3 Å². The van der Waals surface area contributed by atoms with Crippen LogP contribution in [0.3, 0.4) is 0 Å². The highest BCUT2D eigenvalue weighted by molar-refractivity contribution is 5.87. The molecule has 4 rings (SSSR count). The molecular weight excluding hydrogens is 399 g/mol. The molecule has 1 aliphatic heterocycles. The molecule has 0 unspecified atom stereocenters. The molecular formula is C22H20F3NO4. The van der Waals surface area contributed by atoms with Gasteiger partial charge in [-0.1, -0.05) is 18.2 Å². The van der Waals surface area contributed by atoms with Crippen LogP contribution in [0.15, 0.2) is 45.6 Å². The van der Waals surface area contributed by atoms with Gasteiger partial charge in [0.05, 0.1) is 23.6 Å². The van der Waals surface area contributed by atoms with Gasteiger partial charge in [-0.3, -0.25) is 9.69 Å². The van der Waals surface area contributed by atoms with Crippen molar-refractivity contribution in [1.29, 1.82) is 0 Å². The van der Waals surface area contributed by atoms with Gasteiger partial charge in [0.25, 0.3) is 0 Å². The zero-order valence-electron chi connectivity index (χ0n) is 16.3. The van der Waals surface area contributed by atoms with Crippen LogP contribution < -0.4 is 10.2 Å². The minimum Gasteiger partial charge on any atom is -0.507 e. The zero-order chi connectivity index (χ0) is 21.5. The van der Waals surface area contributed by atoms with Crippen molar-refractivity contribution in [2.45, 2.75) is 25.6 Å². The first-order chi connectivity index (χ1) is 14.3. The van der Waals surface area contributed by atoms with E-state index in [9.17, 15) is 23.1 Å². The van der Waals surface area contributed by atoms with Crippen molar-refractivity contribution in [2.75, 3.05) is 20.2 Å². The lowest BCUT2D eigenvalue weighted by atomic mass is 9.99. The molecule has 0 atom stereocenters. The van der Waals surface area contributed by atoms with Gasteiger partial charge in [0, 0.05) is 12.1 Å². The van der Waals surface area contributed by atoms with E-state index < -0.39 is 22.9 Å². The third kappa shape index (κ3) is 3.52. The Labute approximate surface area is 170 Å². The monoisotopic (exact) mass is 419 g/mol. The van der Waals surface area contributed by atoms with Gasteiger partial charge in [-0.15, -0.1) is 0 Å². The van der Waals surface area contributed by atoms with Crippen molar-refractivity contribution < 1.29 is 27.4 Å². The van der Waals surface area contributed by atoms with E-state index in [-0.39, 0.29) is 40.1 Å². The van der Waals surface area contributed by atoms with E-state index in [4.69, 9.17) is 9.15 Å². The summed E-state index contributed by atoms with van der Waals surface area (Å²) in [5, 5.41) is 10.3. The Morgan fingerprint density at radius 1 is 1.13 bits per heavy atom. The lowest BCUT2D eigenvalue weighted by Crippen LogP contribution is -2.20. The van der Waals surface area contributed by atoms with Crippen LogP contribution in [0.4, 0.5) is 13.2 Å². The van der Waals surface area contributed by atoms with Crippen molar-refractivity contribution in [1.82, 2.24) is 4.90 Å². The fourth-order valence-corrected chi connectivity index (χ4v) is 3.92. The van der Waals surface area contributed by atoms with E-state index in [1.54, 1.807) is 6.07 Å². The number of methoxy groups -OCH3 is 1. The molecule has 1 fully saturated rings. The molecule has 0 saturated carbocycles. The average Bonchev–Trinajstić information content (AvgIpc) is 3.22. The highest BCUT2D eigenvalue weighted by atomic mass is 19.4. The lowest BCUT2D eigenvalue weighted by molar-refractivity contribution is -0.152. The SMILES string of the molecule is COc1ccccc1-c1c(C(F)(F)F)oc2c(CN3CCCC3)c(O)ccc2c1=O. The molecule has 158 valence electrons. The third-order valence-corrected chi connectivity index (χ3v) is 5.35. The van der Waals surface area contributed by atoms with Crippen molar-refractivity contribution >= 4 is 11.0 Å². The van der Waals surface area contributed by atoms with Crippen molar-refractivity contribution in [3.8, 4) is 22.6 Å². The Morgan fingerprint density at radius 2 is 1.83 bits per heavy atom. The Kier molecular flexibility index (Phi) is 5.19. The summed E-state index contributed by atoms with van der Waals surface area (Å²) in [6.07, 6.45) is -2.97. The van der Waals surface area contributed by atoms with Crippen molar-refractivity contribution in [3.05, 3.63) is 57.9 Å². The van der Waals surface area contributed by atoms with Crippen LogP contribution in [-0.2, 0) is 12.7 Å². The Bertz CT molecular complexity index is 1150. The van der Waals surface area contributed by atoms with Gasteiger partial charge in [-0.05, 0) is 44.1 Å². The van der Waals surface area contributed by atoms with E-state index in [1.807, 2.05) is 4.90 Å². The summed E-state index contributed by atoms with van der Waals surface area (Å²) >= 11 is 0. The standard InChI is InChI=1S/C22H20F3NO4/c1-29-17-7-3-2-6-13(17)18-19(28)14-8-9-16(27)15(12-26-10-4-5-11-26)20(14)30-21(18)22(23,24)25/h2-3,6-9,27H,4-5,10-12H2,1H3. The summed E-state index contributed by atoms with van der Waals surface area (Å²) in [6, 6.07) is 8.61. The normalized spacial score (nSPS) is 15.1. The van der Waals surface area contributed by atoms with Crippen LogP contribution in [0.2, 0.25) is 0 Å². The van der Waals surface area contributed by atoms with E-state index in [1.165, 1.54) is 37.4 Å². The second kappa shape index (κ2) is 7.68. The van der Waals surface area contributed by atoms with Gasteiger partial charge in [0.15, 0.2) is 0 Å². The van der Waals surface area contributed by atoms with Crippen molar-refractivity contribution in [3.63, 3.8) is 0 Å². The number of fused-ring (bicyclic) bond motifs is 1. The summed E-state index contributed by atoms with van der Waals surface area (Å²) in [5.41, 5.74) is -1.49. The van der Waals surface area contributed by atoms with E-state index in [2.05, 4.69) is 0 Å². The number of alkyl halides is 3. The fourth-order valence-electron chi connectivity index (χ4n) is 3.92. The first-order valence-electron chi connectivity index (χ1n) is 9.56. The summed E-state index contributed by atoms with van der Waals surface area (Å²) < 4.78 is 52.4. The molecule has 30 heavy (non-hydrogen) atoms. The maximum absolute atomic E-state index is 14.0. The second-order valence-corrected chi connectivity index (χ2v) is 7.26. The molecule has 1 N–H and O–H groups in total. The summed E-state index contributed by atoms with van der Waals surface area (Å²) in [6.45, 7) is 1.74. The maximum Gasteiger partial charge on any atom is 0.450 e. The number of likely N-dealkylation sites (tertiary alicyclic amines) is 1. The molecule has 1 saturated heterocycles. The van der Waals surface area contributed by atoms with Gasteiger partial charge in [0.2, 0.25) is 11.2 Å². The number of nitrogens with zero attached hydrogens (tertiary/aromatic N) is 1. The first kappa shape index (κ1) is 20.3. The molecule has 8 heteroatoms. The molecule has 0 aliphatic carbocycles. The number of ether oxygens (including phenoxy) is 1. The Morgan fingerprint density at radius 3 is 2.50 bits per heavy atom. The van der Waals surface area contributed by atoms with Gasteiger partial charge in [-0.25, -0.2) is 0 Å². The number of halogens is 3. The summed E-state index contributed by atoms with van der Waals surface area (Å²) in [4.78, 5) is 15.3. The molecule has 0 radical (unpaired) electrons. The number of hydrogen-bond donors (Lipinski definition) is 1. The smallest absolute Gasteiger partial charge is 0.450 e. The number of phenols is 1. The maximum atomic E-state index is 14.0. The number of aromatic hydroxyl groups is 1. The number of hydrogen-bond acceptors (Lipinski definition) is 5. The number of phenolic OH excluding ortho intramolecular Hbond substituents is 1. The predicted octanol–water partition coefficient (Wildman–Crippen LogP) is 4.79. The van der Waals surface area contributed by atoms with Crippen LogP contribution in [0.25, 0.3) is 22.1 Å². The molecule has 5 nitrogen and oxygen atoms in total. The molecule has 3 aromatic rings. The zero-order valence-corrected chi connectivity index (χ0v) is 16.3.